The summed E-state index contributed by atoms with van der Waals surface area (Å²) in [6.45, 7) is 4.57. The Bertz CT molecular complexity index is 876. The second-order valence-electron chi connectivity index (χ2n) is 6.74. The molecule has 1 aromatic carbocycles. The Morgan fingerprint density at radius 3 is 2.44 bits per heavy atom. The fraction of sp³-hybridized carbons (Fsp3) is 0.400. The summed E-state index contributed by atoms with van der Waals surface area (Å²) < 4.78 is 8.35. The first-order valence-electron chi connectivity index (χ1n) is 8.71. The van der Waals surface area contributed by atoms with Crippen LogP contribution in [-0.2, 0) is 19.4 Å². The molecule has 3 rings (SSSR count). The minimum absolute atomic E-state index is 0.147. The van der Waals surface area contributed by atoms with E-state index in [-0.39, 0.29) is 6.10 Å². The molecule has 25 heavy (non-hydrogen) atoms. The van der Waals surface area contributed by atoms with E-state index in [1.165, 1.54) is 0 Å². The summed E-state index contributed by atoms with van der Waals surface area (Å²) >= 11 is 5.70. The zero-order valence-electron chi connectivity index (χ0n) is 14.7. The zero-order valence-corrected chi connectivity index (χ0v) is 15.5. The van der Waals surface area contributed by atoms with Crippen LogP contribution in [0.4, 0.5) is 5.82 Å². The highest BCUT2D eigenvalue weighted by atomic mass is 32.1. The fourth-order valence-corrected chi connectivity index (χ4v) is 3.78. The van der Waals surface area contributed by atoms with E-state index in [2.05, 4.69) is 6.07 Å². The number of pyridine rings is 1. The summed E-state index contributed by atoms with van der Waals surface area (Å²) in [7, 11) is 0. The molecule has 1 aliphatic rings. The Morgan fingerprint density at radius 2 is 1.84 bits per heavy atom. The SMILES string of the molecule is CC(C)Oc1ccc(Cn2c(N)c(C#N)c3c(c2=S)CCCC3)cc1. The van der Waals surface area contributed by atoms with Crippen molar-refractivity contribution in [1.82, 2.24) is 4.57 Å². The van der Waals surface area contributed by atoms with E-state index in [9.17, 15) is 5.26 Å². The van der Waals surface area contributed by atoms with Crippen molar-refractivity contribution in [2.75, 3.05) is 5.73 Å². The number of anilines is 1. The number of nitrogens with zero attached hydrogens (tertiary/aromatic N) is 2. The highest BCUT2D eigenvalue weighted by molar-refractivity contribution is 7.71. The smallest absolute Gasteiger partial charge is 0.123 e. The van der Waals surface area contributed by atoms with Crippen molar-refractivity contribution in [3.05, 3.63) is 51.2 Å². The van der Waals surface area contributed by atoms with Crippen molar-refractivity contribution in [1.29, 1.82) is 5.26 Å². The molecule has 0 fully saturated rings. The molecule has 0 saturated carbocycles. The van der Waals surface area contributed by atoms with Crippen molar-refractivity contribution in [2.24, 2.45) is 0 Å². The van der Waals surface area contributed by atoms with Crippen LogP contribution in [-0.4, -0.2) is 10.7 Å². The molecule has 0 saturated heterocycles. The maximum atomic E-state index is 9.58. The summed E-state index contributed by atoms with van der Waals surface area (Å²) in [6.07, 6.45) is 4.19. The Hall–Kier alpha value is -2.32. The molecule has 130 valence electrons. The summed E-state index contributed by atoms with van der Waals surface area (Å²) in [4.78, 5) is 0. The molecule has 0 atom stereocenters. The van der Waals surface area contributed by atoms with Crippen LogP contribution in [0.5, 0.6) is 5.75 Å². The number of aromatic nitrogens is 1. The predicted octanol–water partition coefficient (Wildman–Crippen LogP) is 4.39. The van der Waals surface area contributed by atoms with Crippen LogP contribution in [0.15, 0.2) is 24.3 Å². The minimum atomic E-state index is 0.147. The molecular weight excluding hydrogens is 330 g/mol. The first-order chi connectivity index (χ1) is 12.0. The number of benzene rings is 1. The van der Waals surface area contributed by atoms with Gasteiger partial charge in [0.2, 0.25) is 0 Å². The molecule has 0 unspecified atom stereocenters. The van der Waals surface area contributed by atoms with E-state index in [1.54, 1.807) is 0 Å². The molecule has 1 heterocycles. The molecular formula is C20H23N3OS. The van der Waals surface area contributed by atoms with Crippen LogP contribution in [0, 0.1) is 16.0 Å². The van der Waals surface area contributed by atoms with Gasteiger partial charge in [0, 0.05) is 0 Å². The standard InChI is InChI=1S/C20H23N3OS/c1-13(2)24-15-9-7-14(8-10-15)12-23-19(22)18(11-21)16-5-3-4-6-17(16)20(23)25/h7-10,13H,3-6,12,22H2,1-2H3. The number of nitrogens with two attached hydrogens (primary N) is 1. The van der Waals surface area contributed by atoms with Gasteiger partial charge in [0.15, 0.2) is 0 Å². The molecule has 2 aromatic rings. The summed E-state index contributed by atoms with van der Waals surface area (Å²) in [5.41, 5.74) is 10.2. The van der Waals surface area contributed by atoms with Gasteiger partial charge in [-0.25, -0.2) is 0 Å². The topological polar surface area (TPSA) is 64.0 Å². The lowest BCUT2D eigenvalue weighted by atomic mass is 9.89. The Kier molecular flexibility index (Phi) is 5.10. The van der Waals surface area contributed by atoms with E-state index in [0.29, 0.717) is 17.9 Å². The largest absolute Gasteiger partial charge is 0.491 e. The molecule has 5 heteroatoms. The second kappa shape index (κ2) is 7.28. The number of nitriles is 1. The van der Waals surface area contributed by atoms with Crippen molar-refractivity contribution in [2.45, 2.75) is 52.2 Å². The first kappa shape index (κ1) is 17.5. The number of hydrogen-bond donors (Lipinski definition) is 1. The maximum Gasteiger partial charge on any atom is 0.123 e. The number of hydrogen-bond acceptors (Lipinski definition) is 4. The molecule has 0 spiro atoms. The van der Waals surface area contributed by atoms with Gasteiger partial charge >= 0.3 is 0 Å². The van der Waals surface area contributed by atoms with E-state index in [0.717, 1.165) is 52.8 Å². The van der Waals surface area contributed by atoms with Gasteiger partial charge < -0.3 is 15.0 Å². The number of rotatable bonds is 4. The molecule has 4 nitrogen and oxygen atoms in total. The monoisotopic (exact) mass is 353 g/mol. The van der Waals surface area contributed by atoms with E-state index in [1.807, 2.05) is 42.7 Å². The van der Waals surface area contributed by atoms with E-state index in [4.69, 9.17) is 22.7 Å². The van der Waals surface area contributed by atoms with Crippen LogP contribution in [0.1, 0.15) is 48.9 Å². The maximum absolute atomic E-state index is 9.58. The third-order valence-corrected chi connectivity index (χ3v) is 5.03. The normalized spacial score (nSPS) is 13.4. The summed E-state index contributed by atoms with van der Waals surface area (Å²) in [5.74, 6) is 1.33. The number of fused-ring (bicyclic) bond motifs is 1. The van der Waals surface area contributed by atoms with Gasteiger partial charge in [0.25, 0.3) is 0 Å². The second-order valence-corrected chi connectivity index (χ2v) is 7.12. The molecule has 0 aliphatic heterocycles. The first-order valence-corrected chi connectivity index (χ1v) is 9.11. The van der Waals surface area contributed by atoms with Crippen molar-refractivity contribution < 1.29 is 4.74 Å². The van der Waals surface area contributed by atoms with Gasteiger partial charge in [-0.3, -0.25) is 0 Å². The van der Waals surface area contributed by atoms with Gasteiger partial charge in [-0.15, -0.1) is 0 Å². The lowest BCUT2D eigenvalue weighted by molar-refractivity contribution is 0.242. The highest BCUT2D eigenvalue weighted by Crippen LogP contribution is 2.30. The fourth-order valence-electron chi connectivity index (χ4n) is 3.39. The summed E-state index contributed by atoms with van der Waals surface area (Å²) in [5, 5.41) is 9.58. The molecule has 1 aromatic heterocycles. The predicted molar refractivity (Wildman–Crippen MR) is 102 cm³/mol. The van der Waals surface area contributed by atoms with Crippen LogP contribution in [0.2, 0.25) is 0 Å². The zero-order chi connectivity index (χ0) is 18.0. The van der Waals surface area contributed by atoms with Gasteiger partial charge in [0.05, 0.1) is 18.2 Å². The molecule has 0 amide bonds. The Morgan fingerprint density at radius 1 is 1.20 bits per heavy atom. The van der Waals surface area contributed by atoms with Crippen LogP contribution in [0.25, 0.3) is 0 Å². The van der Waals surface area contributed by atoms with Crippen LogP contribution < -0.4 is 10.5 Å². The van der Waals surface area contributed by atoms with Crippen LogP contribution in [0.3, 0.4) is 0 Å². The van der Waals surface area contributed by atoms with Gasteiger partial charge in [0.1, 0.15) is 22.3 Å². The van der Waals surface area contributed by atoms with Gasteiger partial charge in [-0.1, -0.05) is 24.4 Å². The summed E-state index contributed by atoms with van der Waals surface area (Å²) in [6, 6.07) is 10.2. The Labute approximate surface area is 153 Å². The number of ether oxygens (including phenoxy) is 1. The average Bonchev–Trinajstić information content (AvgIpc) is 2.60. The molecule has 0 bridgehead atoms. The van der Waals surface area contributed by atoms with Gasteiger partial charge in [-0.05, 0) is 68.4 Å². The lowest BCUT2D eigenvalue weighted by Crippen LogP contribution is -2.17. The lowest BCUT2D eigenvalue weighted by Gasteiger charge is -2.22. The molecule has 1 aliphatic carbocycles. The van der Waals surface area contributed by atoms with Gasteiger partial charge in [-0.2, -0.15) is 5.26 Å². The van der Waals surface area contributed by atoms with Crippen molar-refractivity contribution >= 4 is 18.0 Å². The highest BCUT2D eigenvalue weighted by Gasteiger charge is 2.20. The third-order valence-electron chi connectivity index (χ3n) is 4.57. The average molecular weight is 353 g/mol. The van der Waals surface area contributed by atoms with Crippen molar-refractivity contribution in [3.8, 4) is 11.8 Å². The van der Waals surface area contributed by atoms with Crippen molar-refractivity contribution in [3.63, 3.8) is 0 Å². The van der Waals surface area contributed by atoms with E-state index < -0.39 is 0 Å². The molecule has 0 radical (unpaired) electrons. The quantitative estimate of drug-likeness (QED) is 0.828. The minimum Gasteiger partial charge on any atom is -0.491 e. The van der Waals surface area contributed by atoms with Crippen LogP contribution >= 0.6 is 12.2 Å². The number of nitrogen functional groups attached to an aromatic ring is 1. The Balaban J connectivity index is 1.98. The molecule has 2 N–H and O–H groups in total. The third kappa shape index (κ3) is 3.54. The van der Waals surface area contributed by atoms with E-state index >= 15 is 0 Å².